The second-order valence-electron chi connectivity index (χ2n) is 10.7. The van der Waals surface area contributed by atoms with E-state index in [2.05, 4.69) is 18.8 Å². The number of carboxylic acids is 1. The first kappa shape index (κ1) is 28.4. The van der Waals surface area contributed by atoms with Crippen molar-refractivity contribution in [2.45, 2.75) is 56.6 Å². The van der Waals surface area contributed by atoms with Crippen LogP contribution in [0.1, 0.15) is 54.9 Å². The van der Waals surface area contributed by atoms with Crippen LogP contribution in [0.3, 0.4) is 0 Å². The lowest BCUT2D eigenvalue weighted by Crippen LogP contribution is -2.41. The lowest BCUT2D eigenvalue weighted by Gasteiger charge is -2.29. The van der Waals surface area contributed by atoms with Crippen molar-refractivity contribution >= 4 is 32.5 Å². The molecular weight excluding hydrogens is 514 g/mol. The van der Waals surface area contributed by atoms with Crippen LogP contribution in [0.15, 0.2) is 77.7 Å². The van der Waals surface area contributed by atoms with E-state index in [1.54, 1.807) is 18.2 Å². The summed E-state index contributed by atoms with van der Waals surface area (Å²) in [5.41, 5.74) is 2.18. The number of carbonyl (C=O) groups excluding carboxylic acids is 1. The Morgan fingerprint density at radius 2 is 1.79 bits per heavy atom. The third-order valence-corrected chi connectivity index (χ3v) is 8.40. The number of aliphatic carboxylic acids is 1. The molecule has 0 aliphatic heterocycles. The molecule has 0 heterocycles. The zero-order valence-electron chi connectivity index (χ0n) is 22.4. The van der Waals surface area contributed by atoms with Crippen LogP contribution < -0.4 is 10.1 Å². The molecule has 1 saturated carbocycles. The van der Waals surface area contributed by atoms with E-state index in [4.69, 9.17) is 4.74 Å². The van der Waals surface area contributed by atoms with Crippen molar-refractivity contribution in [3.05, 3.63) is 83.9 Å². The second kappa shape index (κ2) is 12.0. The van der Waals surface area contributed by atoms with E-state index in [-0.39, 0.29) is 17.1 Å². The minimum atomic E-state index is -3.32. The minimum Gasteiger partial charge on any atom is -0.487 e. The Morgan fingerprint density at radius 1 is 1.08 bits per heavy atom. The van der Waals surface area contributed by atoms with Crippen molar-refractivity contribution in [2.75, 3.05) is 6.26 Å². The molecule has 2 unspecified atom stereocenters. The van der Waals surface area contributed by atoms with Crippen LogP contribution in [-0.2, 0) is 21.2 Å². The molecule has 3 atom stereocenters. The normalized spacial score (nSPS) is 18.5. The van der Waals surface area contributed by atoms with Crippen molar-refractivity contribution in [3.8, 4) is 5.75 Å². The van der Waals surface area contributed by atoms with E-state index in [9.17, 15) is 23.1 Å². The number of hydrogen-bond donors (Lipinski definition) is 2. The van der Waals surface area contributed by atoms with Crippen molar-refractivity contribution in [3.63, 3.8) is 0 Å². The second-order valence-corrected chi connectivity index (χ2v) is 12.7. The summed E-state index contributed by atoms with van der Waals surface area (Å²) >= 11 is 0. The van der Waals surface area contributed by atoms with E-state index in [1.165, 1.54) is 17.7 Å². The number of benzene rings is 3. The highest BCUT2D eigenvalue weighted by Gasteiger charge is 2.27. The average molecular weight is 550 g/mol. The number of ether oxygens (including phenoxy) is 1. The van der Waals surface area contributed by atoms with E-state index < -0.39 is 27.8 Å². The lowest BCUT2D eigenvalue weighted by atomic mass is 9.77. The number of nitrogens with one attached hydrogen (secondary N) is 1. The van der Waals surface area contributed by atoms with Crippen molar-refractivity contribution in [2.24, 2.45) is 11.8 Å². The van der Waals surface area contributed by atoms with Crippen molar-refractivity contribution in [1.82, 2.24) is 5.32 Å². The maximum atomic E-state index is 13.4. The molecule has 0 bridgehead atoms. The Bertz CT molecular complexity index is 1480. The smallest absolute Gasteiger partial charge is 0.326 e. The maximum absolute atomic E-state index is 13.4. The number of carbonyl (C=O) groups is 2. The average Bonchev–Trinajstić information content (AvgIpc) is 2.88. The van der Waals surface area contributed by atoms with E-state index in [0.717, 1.165) is 41.9 Å². The summed E-state index contributed by atoms with van der Waals surface area (Å²) in [6, 6.07) is 16.3. The molecule has 3 aromatic rings. The summed E-state index contributed by atoms with van der Waals surface area (Å²) in [6.45, 7) is 6.42. The largest absolute Gasteiger partial charge is 0.487 e. The highest BCUT2D eigenvalue weighted by molar-refractivity contribution is 7.90. The molecule has 206 valence electrons. The van der Waals surface area contributed by atoms with E-state index in [1.807, 2.05) is 30.3 Å². The molecular formula is C31H35NO6S. The fourth-order valence-electron chi connectivity index (χ4n) is 5.40. The van der Waals surface area contributed by atoms with Crippen LogP contribution in [0.25, 0.3) is 10.8 Å². The summed E-state index contributed by atoms with van der Waals surface area (Å²) in [4.78, 5) is 25.7. The first-order valence-electron chi connectivity index (χ1n) is 13.1. The van der Waals surface area contributed by atoms with Gasteiger partial charge in [0.1, 0.15) is 18.4 Å². The van der Waals surface area contributed by atoms with Crippen LogP contribution in [0, 0.1) is 11.8 Å². The van der Waals surface area contributed by atoms with Gasteiger partial charge in [0, 0.05) is 11.6 Å². The molecule has 1 aliphatic carbocycles. The highest BCUT2D eigenvalue weighted by atomic mass is 32.2. The molecule has 39 heavy (non-hydrogen) atoms. The third kappa shape index (κ3) is 7.26. The summed E-state index contributed by atoms with van der Waals surface area (Å²) in [7, 11) is -3.32. The number of carboxylic acid groups (broad SMARTS) is 1. The van der Waals surface area contributed by atoms with Crippen molar-refractivity contribution < 1.29 is 27.9 Å². The van der Waals surface area contributed by atoms with Crippen LogP contribution in [-0.4, -0.2) is 37.7 Å². The number of hydrogen-bond acceptors (Lipinski definition) is 5. The van der Waals surface area contributed by atoms with Gasteiger partial charge in [-0.3, -0.25) is 4.79 Å². The van der Waals surface area contributed by atoms with Gasteiger partial charge >= 0.3 is 5.97 Å². The summed E-state index contributed by atoms with van der Waals surface area (Å²) in [5.74, 6) is -0.334. The molecule has 0 aromatic heterocycles. The van der Waals surface area contributed by atoms with Crippen LogP contribution in [0.4, 0.5) is 0 Å². The number of sulfone groups is 1. The molecule has 2 N–H and O–H groups in total. The van der Waals surface area contributed by atoms with Gasteiger partial charge in [0.05, 0.1) is 10.5 Å². The van der Waals surface area contributed by atoms with Gasteiger partial charge in [0.15, 0.2) is 9.84 Å². The molecule has 0 radical (unpaired) electrons. The number of amides is 1. The number of allylic oxidation sites excluding steroid dienone is 1. The molecule has 8 heteroatoms. The standard InChI is InChI=1S/C31H35NO6S/c1-20-16-21(2)18-23(17-20)10-15-28(31(34)35)32-30(33)27-14-11-24-6-4-5-7-26(24)29(27)38-19-22-8-12-25(13-9-22)39(3,36)37/h4-9,11-14,21,23,28H,1,10,15-19H2,2-3H3,(H,32,33)(H,34,35)/t21?,23?,28-/m0/s1. The Kier molecular flexibility index (Phi) is 8.75. The molecule has 7 nitrogen and oxygen atoms in total. The van der Waals surface area contributed by atoms with E-state index in [0.29, 0.717) is 30.4 Å². The number of fused-ring (bicyclic) bond motifs is 1. The predicted octanol–water partition coefficient (Wildman–Crippen LogP) is 5.78. The van der Waals surface area contributed by atoms with Gasteiger partial charge in [-0.05, 0) is 73.1 Å². The van der Waals surface area contributed by atoms with Gasteiger partial charge in [-0.15, -0.1) is 0 Å². The Hall–Kier alpha value is -3.65. The molecule has 1 fully saturated rings. The van der Waals surface area contributed by atoms with E-state index >= 15 is 0 Å². The van der Waals surface area contributed by atoms with Crippen molar-refractivity contribution in [1.29, 1.82) is 0 Å². The van der Waals surface area contributed by atoms with Gasteiger partial charge in [-0.25, -0.2) is 13.2 Å². The SMILES string of the molecule is C=C1CC(C)CC(CC[C@H](NC(=O)c2ccc3ccccc3c2OCc2ccc(S(C)(=O)=O)cc2)C(=O)O)C1. The molecule has 0 spiro atoms. The van der Waals surface area contributed by atoms with Gasteiger partial charge in [0.25, 0.3) is 5.91 Å². The van der Waals surface area contributed by atoms with Crippen LogP contribution in [0.5, 0.6) is 5.75 Å². The Balaban J connectivity index is 1.53. The summed E-state index contributed by atoms with van der Waals surface area (Å²) in [5, 5.41) is 14.2. The fourth-order valence-corrected chi connectivity index (χ4v) is 6.03. The molecule has 1 aliphatic rings. The summed E-state index contributed by atoms with van der Waals surface area (Å²) in [6.07, 6.45) is 5.14. The molecule has 4 rings (SSSR count). The van der Waals surface area contributed by atoms with Gasteiger partial charge < -0.3 is 15.2 Å². The highest BCUT2D eigenvalue weighted by Crippen LogP contribution is 2.35. The predicted molar refractivity (Wildman–Crippen MR) is 152 cm³/mol. The summed E-state index contributed by atoms with van der Waals surface area (Å²) < 4.78 is 29.7. The number of rotatable bonds is 10. The molecule has 0 saturated heterocycles. The fraction of sp³-hybridized carbons (Fsp3) is 0.355. The maximum Gasteiger partial charge on any atom is 0.326 e. The Morgan fingerprint density at radius 3 is 2.46 bits per heavy atom. The lowest BCUT2D eigenvalue weighted by molar-refractivity contribution is -0.139. The minimum absolute atomic E-state index is 0.102. The van der Waals surface area contributed by atoms with Crippen LogP contribution in [0.2, 0.25) is 0 Å². The first-order valence-corrected chi connectivity index (χ1v) is 15.0. The van der Waals surface area contributed by atoms with Gasteiger partial charge in [-0.1, -0.05) is 61.5 Å². The first-order chi connectivity index (χ1) is 18.5. The Labute approximate surface area is 229 Å². The molecule has 3 aromatic carbocycles. The van der Waals surface area contributed by atoms with Crippen LogP contribution >= 0.6 is 0 Å². The zero-order valence-corrected chi connectivity index (χ0v) is 23.2. The zero-order chi connectivity index (χ0) is 28.2. The van der Waals surface area contributed by atoms with Gasteiger partial charge in [-0.2, -0.15) is 0 Å². The quantitative estimate of drug-likeness (QED) is 0.310. The monoisotopic (exact) mass is 549 g/mol. The van der Waals surface area contributed by atoms with Gasteiger partial charge in [0.2, 0.25) is 0 Å². The topological polar surface area (TPSA) is 110 Å². The molecule has 1 amide bonds. The third-order valence-electron chi connectivity index (χ3n) is 7.28.